The Hall–Kier alpha value is -1.52. The molecule has 2 aromatic rings. The van der Waals surface area contributed by atoms with Crippen LogP contribution in [-0.4, -0.2) is 14.2 Å². The van der Waals surface area contributed by atoms with Gasteiger partial charge in [-0.05, 0) is 23.8 Å². The van der Waals surface area contributed by atoms with E-state index in [4.69, 9.17) is 14.0 Å². The van der Waals surface area contributed by atoms with E-state index in [1.165, 1.54) is 0 Å². The van der Waals surface area contributed by atoms with E-state index in [0.717, 1.165) is 22.3 Å². The lowest BCUT2D eigenvalue weighted by Gasteiger charge is -2.05. The van der Waals surface area contributed by atoms with Crippen LogP contribution in [0, 0.1) is 0 Å². The molecule has 0 radical (unpaired) electrons. The van der Waals surface area contributed by atoms with Gasteiger partial charge in [0, 0.05) is 11.9 Å². The number of hydrogen-bond donors (Lipinski definition) is 1. The Kier molecular flexibility index (Phi) is 2.89. The fourth-order valence-electron chi connectivity index (χ4n) is 1.52. The quantitative estimate of drug-likeness (QED) is 0.779. The molecule has 80 valence electrons. The molecule has 0 bridgehead atoms. The first-order valence-electron chi connectivity index (χ1n) is 4.65. The molecule has 4 heteroatoms. The Morgan fingerprint density at radius 1 is 1.33 bits per heavy atom. The van der Waals surface area contributed by atoms with Gasteiger partial charge in [0.15, 0.2) is 11.3 Å². The van der Waals surface area contributed by atoms with Crippen molar-refractivity contribution in [2.75, 3.05) is 14.2 Å². The molecule has 0 saturated carbocycles. The Morgan fingerprint density at radius 3 is 2.93 bits per heavy atom. The molecule has 0 saturated heterocycles. The van der Waals surface area contributed by atoms with Crippen molar-refractivity contribution in [1.29, 1.82) is 0 Å². The summed E-state index contributed by atoms with van der Waals surface area (Å²) < 4.78 is 10.6. The van der Waals surface area contributed by atoms with E-state index in [2.05, 4.69) is 5.48 Å². The number of benzene rings is 1. The minimum absolute atomic E-state index is 0.633. The zero-order valence-electron chi connectivity index (χ0n) is 8.74. The molecule has 1 N–H and O–H groups in total. The molecular formula is C11H13NO3. The van der Waals surface area contributed by atoms with Crippen molar-refractivity contribution in [2.45, 2.75) is 6.54 Å². The summed E-state index contributed by atoms with van der Waals surface area (Å²) in [5, 5.41) is 1.03. The summed E-state index contributed by atoms with van der Waals surface area (Å²) in [6.07, 6.45) is 1.65. The van der Waals surface area contributed by atoms with Gasteiger partial charge in [-0.1, -0.05) is 0 Å². The lowest BCUT2D eigenvalue weighted by Crippen LogP contribution is -2.10. The van der Waals surface area contributed by atoms with Gasteiger partial charge < -0.3 is 14.0 Å². The molecule has 1 aromatic heterocycles. The van der Waals surface area contributed by atoms with Crippen LogP contribution < -0.4 is 10.2 Å². The summed E-state index contributed by atoms with van der Waals surface area (Å²) in [4.78, 5) is 4.80. The molecule has 4 nitrogen and oxygen atoms in total. The summed E-state index contributed by atoms with van der Waals surface area (Å²) in [5.41, 5.74) is 4.65. The maximum atomic E-state index is 5.32. The fourth-order valence-corrected chi connectivity index (χ4v) is 1.52. The van der Waals surface area contributed by atoms with Gasteiger partial charge in [-0.25, -0.2) is 0 Å². The van der Waals surface area contributed by atoms with E-state index in [9.17, 15) is 0 Å². The van der Waals surface area contributed by atoms with Crippen LogP contribution in [0.15, 0.2) is 28.9 Å². The van der Waals surface area contributed by atoms with E-state index in [-0.39, 0.29) is 0 Å². The summed E-state index contributed by atoms with van der Waals surface area (Å²) in [7, 11) is 3.22. The number of rotatable bonds is 4. The third-order valence-electron chi connectivity index (χ3n) is 2.22. The minimum atomic E-state index is 0.633. The van der Waals surface area contributed by atoms with Crippen LogP contribution in [0.25, 0.3) is 11.0 Å². The number of fused-ring (bicyclic) bond motifs is 1. The number of hydroxylamine groups is 1. The molecule has 0 aliphatic carbocycles. The predicted octanol–water partition coefficient (Wildman–Crippen LogP) is 2.09. The van der Waals surface area contributed by atoms with E-state index in [0.29, 0.717) is 6.54 Å². The van der Waals surface area contributed by atoms with Crippen molar-refractivity contribution in [2.24, 2.45) is 0 Å². The molecule has 0 aliphatic heterocycles. The summed E-state index contributed by atoms with van der Waals surface area (Å²) in [5.74, 6) is 0.741. The number of ether oxygens (including phenoxy) is 1. The highest BCUT2D eigenvalue weighted by Gasteiger charge is 2.06. The van der Waals surface area contributed by atoms with Crippen molar-refractivity contribution in [3.63, 3.8) is 0 Å². The van der Waals surface area contributed by atoms with Crippen LogP contribution in [0.3, 0.4) is 0 Å². The molecule has 0 amide bonds. The van der Waals surface area contributed by atoms with Crippen molar-refractivity contribution in [3.05, 3.63) is 30.0 Å². The second kappa shape index (κ2) is 4.33. The Morgan fingerprint density at radius 2 is 2.20 bits per heavy atom. The van der Waals surface area contributed by atoms with Crippen LogP contribution >= 0.6 is 0 Å². The first kappa shape index (κ1) is 10.0. The Labute approximate surface area is 87.7 Å². The van der Waals surface area contributed by atoms with Gasteiger partial charge >= 0.3 is 0 Å². The first-order chi connectivity index (χ1) is 7.35. The smallest absolute Gasteiger partial charge is 0.175 e. The molecule has 1 heterocycles. The van der Waals surface area contributed by atoms with Crippen molar-refractivity contribution < 1.29 is 14.0 Å². The van der Waals surface area contributed by atoms with Gasteiger partial charge in [0.1, 0.15) is 0 Å². The van der Waals surface area contributed by atoms with E-state index < -0.39 is 0 Å². The highest BCUT2D eigenvalue weighted by atomic mass is 16.6. The second-order valence-electron chi connectivity index (χ2n) is 3.16. The number of furan rings is 1. The summed E-state index contributed by atoms with van der Waals surface area (Å²) in [6.45, 7) is 0.633. The zero-order valence-corrected chi connectivity index (χ0v) is 8.74. The lowest BCUT2D eigenvalue weighted by atomic mass is 10.1. The van der Waals surface area contributed by atoms with Gasteiger partial charge in [-0.15, -0.1) is 0 Å². The fraction of sp³-hybridized carbons (Fsp3) is 0.273. The third-order valence-corrected chi connectivity index (χ3v) is 2.22. The zero-order chi connectivity index (χ0) is 10.7. The Bertz CT molecular complexity index is 450. The van der Waals surface area contributed by atoms with Gasteiger partial charge in [0.05, 0.1) is 20.5 Å². The maximum absolute atomic E-state index is 5.32. The van der Waals surface area contributed by atoms with Crippen LogP contribution in [0.2, 0.25) is 0 Å². The standard InChI is InChI=1S/C11H13NO3/c1-13-10-6-8(7-12-14-2)5-9-3-4-15-11(9)10/h3-6,12H,7H2,1-2H3. The molecule has 0 atom stereocenters. The van der Waals surface area contributed by atoms with E-state index >= 15 is 0 Å². The molecular weight excluding hydrogens is 194 g/mol. The third kappa shape index (κ3) is 1.95. The Balaban J connectivity index is 2.40. The molecule has 0 fully saturated rings. The molecule has 0 spiro atoms. The molecule has 0 unspecified atom stereocenters. The summed E-state index contributed by atoms with van der Waals surface area (Å²) >= 11 is 0. The van der Waals surface area contributed by atoms with Crippen LogP contribution in [0.1, 0.15) is 5.56 Å². The lowest BCUT2D eigenvalue weighted by molar-refractivity contribution is 0.0867. The SMILES string of the molecule is CONCc1cc(OC)c2occc2c1. The topological polar surface area (TPSA) is 43.6 Å². The maximum Gasteiger partial charge on any atom is 0.175 e. The second-order valence-corrected chi connectivity index (χ2v) is 3.16. The predicted molar refractivity (Wildman–Crippen MR) is 56.6 cm³/mol. The van der Waals surface area contributed by atoms with Crippen molar-refractivity contribution in [3.8, 4) is 5.75 Å². The highest BCUT2D eigenvalue weighted by molar-refractivity contribution is 5.83. The van der Waals surface area contributed by atoms with E-state index in [1.54, 1.807) is 20.5 Å². The number of nitrogens with one attached hydrogen (secondary N) is 1. The van der Waals surface area contributed by atoms with Gasteiger partial charge in [-0.3, -0.25) is 0 Å². The molecule has 15 heavy (non-hydrogen) atoms. The van der Waals surface area contributed by atoms with Crippen LogP contribution in [-0.2, 0) is 11.4 Å². The van der Waals surface area contributed by atoms with Gasteiger partial charge in [0.2, 0.25) is 0 Å². The molecule has 2 rings (SSSR count). The highest BCUT2D eigenvalue weighted by Crippen LogP contribution is 2.28. The average Bonchev–Trinajstić information content (AvgIpc) is 2.73. The van der Waals surface area contributed by atoms with Gasteiger partial charge in [0.25, 0.3) is 0 Å². The summed E-state index contributed by atoms with van der Waals surface area (Å²) in [6, 6.07) is 5.87. The van der Waals surface area contributed by atoms with Crippen molar-refractivity contribution in [1.82, 2.24) is 5.48 Å². The normalized spacial score (nSPS) is 10.8. The van der Waals surface area contributed by atoms with Crippen molar-refractivity contribution >= 4 is 11.0 Å². The van der Waals surface area contributed by atoms with E-state index in [1.807, 2.05) is 18.2 Å². The number of hydrogen-bond acceptors (Lipinski definition) is 4. The van der Waals surface area contributed by atoms with Crippen LogP contribution in [0.5, 0.6) is 5.75 Å². The average molecular weight is 207 g/mol. The molecule has 0 aliphatic rings. The van der Waals surface area contributed by atoms with Crippen LogP contribution in [0.4, 0.5) is 0 Å². The van der Waals surface area contributed by atoms with Gasteiger partial charge in [-0.2, -0.15) is 5.48 Å². The molecule has 1 aromatic carbocycles. The monoisotopic (exact) mass is 207 g/mol. The number of methoxy groups -OCH3 is 1. The minimum Gasteiger partial charge on any atom is -0.493 e. The largest absolute Gasteiger partial charge is 0.493 e. The first-order valence-corrected chi connectivity index (χ1v) is 4.65.